The van der Waals surface area contributed by atoms with E-state index in [1.165, 1.54) is 0 Å². The zero-order valence-corrected chi connectivity index (χ0v) is 9.04. The number of hydrogen-bond acceptors (Lipinski definition) is 1. The van der Waals surface area contributed by atoms with Crippen molar-refractivity contribution in [3.63, 3.8) is 0 Å². The molecule has 0 aliphatic rings. The number of rotatable bonds is 2. The van der Waals surface area contributed by atoms with Gasteiger partial charge in [0.2, 0.25) is 0 Å². The maximum absolute atomic E-state index is 11.4. The van der Waals surface area contributed by atoms with E-state index in [1.807, 2.05) is 19.9 Å². The third kappa shape index (κ3) is 2.04. The van der Waals surface area contributed by atoms with Crippen LogP contribution >= 0.6 is 23.2 Å². The number of aryl methyl sites for hydroxylation is 1. The highest BCUT2D eigenvalue weighted by Gasteiger charge is 2.13. The van der Waals surface area contributed by atoms with Gasteiger partial charge in [-0.05, 0) is 31.0 Å². The number of hydrogen-bond donors (Lipinski definition) is 0. The fourth-order valence-corrected chi connectivity index (χ4v) is 1.64. The topological polar surface area (TPSA) is 17.1 Å². The van der Waals surface area contributed by atoms with E-state index in [9.17, 15) is 4.79 Å². The quantitative estimate of drug-likeness (QED) is 0.548. The zero-order chi connectivity index (χ0) is 10.0. The molecule has 13 heavy (non-hydrogen) atoms. The average Bonchev–Trinajstić information content (AvgIpc) is 2.12. The lowest BCUT2D eigenvalue weighted by molar-refractivity contribution is 0.102. The normalized spacial score (nSPS) is 10.2. The molecule has 1 aromatic rings. The molecule has 0 bridgehead atoms. The Bertz CT molecular complexity index is 345. The van der Waals surface area contributed by atoms with Crippen molar-refractivity contribution in [1.29, 1.82) is 0 Å². The van der Waals surface area contributed by atoms with Gasteiger partial charge in [-0.25, -0.2) is 0 Å². The number of alkyl halides is 1. The van der Waals surface area contributed by atoms with Gasteiger partial charge in [0.25, 0.3) is 0 Å². The summed E-state index contributed by atoms with van der Waals surface area (Å²) in [6, 6.07) is 3.62. The van der Waals surface area contributed by atoms with Gasteiger partial charge in [-0.1, -0.05) is 17.7 Å². The van der Waals surface area contributed by atoms with E-state index in [4.69, 9.17) is 23.2 Å². The molecule has 1 aromatic carbocycles. The first-order chi connectivity index (χ1) is 6.07. The molecule has 3 heteroatoms. The van der Waals surface area contributed by atoms with Crippen molar-refractivity contribution in [2.75, 3.05) is 5.88 Å². The monoisotopic (exact) mass is 216 g/mol. The molecule has 0 aromatic heterocycles. The number of ketones is 1. The van der Waals surface area contributed by atoms with Crippen LogP contribution in [0.15, 0.2) is 12.1 Å². The van der Waals surface area contributed by atoms with Crippen LogP contribution in [0.5, 0.6) is 0 Å². The van der Waals surface area contributed by atoms with E-state index in [1.54, 1.807) is 6.07 Å². The van der Waals surface area contributed by atoms with Crippen LogP contribution in [0.2, 0.25) is 5.02 Å². The predicted octanol–water partition coefficient (Wildman–Crippen LogP) is 3.38. The molecule has 0 unspecified atom stereocenters. The maximum atomic E-state index is 11.4. The molecule has 0 aliphatic heterocycles. The van der Waals surface area contributed by atoms with Crippen molar-refractivity contribution in [3.8, 4) is 0 Å². The summed E-state index contributed by atoms with van der Waals surface area (Å²) < 4.78 is 0. The second-order valence-corrected chi connectivity index (χ2v) is 3.60. The number of carbonyl (C=O) groups is 1. The van der Waals surface area contributed by atoms with E-state index in [2.05, 4.69) is 0 Å². The molecule has 1 rings (SSSR count). The molecule has 0 fully saturated rings. The van der Waals surface area contributed by atoms with Crippen LogP contribution in [0.1, 0.15) is 21.5 Å². The molecular weight excluding hydrogens is 207 g/mol. The van der Waals surface area contributed by atoms with Crippen LogP contribution in [-0.2, 0) is 0 Å². The first-order valence-corrected chi connectivity index (χ1v) is 4.84. The Morgan fingerprint density at radius 3 is 2.54 bits per heavy atom. The van der Waals surface area contributed by atoms with E-state index < -0.39 is 0 Å². The van der Waals surface area contributed by atoms with Crippen molar-refractivity contribution >= 4 is 29.0 Å². The van der Waals surface area contributed by atoms with Crippen LogP contribution in [0.25, 0.3) is 0 Å². The van der Waals surface area contributed by atoms with Crippen molar-refractivity contribution < 1.29 is 4.79 Å². The molecule has 0 heterocycles. The summed E-state index contributed by atoms with van der Waals surface area (Å²) in [5.41, 5.74) is 2.52. The highest BCUT2D eigenvalue weighted by molar-refractivity contribution is 6.37. The Morgan fingerprint density at radius 2 is 2.00 bits per heavy atom. The molecule has 0 saturated carbocycles. The lowest BCUT2D eigenvalue weighted by Crippen LogP contribution is -2.05. The first-order valence-electron chi connectivity index (χ1n) is 3.92. The van der Waals surface area contributed by atoms with E-state index in [0.717, 1.165) is 11.1 Å². The Hall–Kier alpha value is -0.530. The van der Waals surface area contributed by atoms with Crippen LogP contribution < -0.4 is 0 Å². The van der Waals surface area contributed by atoms with E-state index in [-0.39, 0.29) is 11.7 Å². The molecule has 1 nitrogen and oxygen atoms in total. The molecule has 0 N–H and O–H groups in total. The van der Waals surface area contributed by atoms with Crippen molar-refractivity contribution in [3.05, 3.63) is 33.8 Å². The predicted molar refractivity (Wildman–Crippen MR) is 56.0 cm³/mol. The van der Waals surface area contributed by atoms with Gasteiger partial charge >= 0.3 is 0 Å². The summed E-state index contributed by atoms with van der Waals surface area (Å²) >= 11 is 11.4. The Morgan fingerprint density at radius 1 is 1.38 bits per heavy atom. The van der Waals surface area contributed by atoms with Crippen molar-refractivity contribution in [2.24, 2.45) is 0 Å². The highest BCUT2D eigenvalue weighted by Crippen LogP contribution is 2.23. The zero-order valence-electron chi connectivity index (χ0n) is 7.53. The fraction of sp³-hybridized carbons (Fsp3) is 0.300. The fourth-order valence-electron chi connectivity index (χ4n) is 1.19. The summed E-state index contributed by atoms with van der Waals surface area (Å²) in [7, 11) is 0. The summed E-state index contributed by atoms with van der Waals surface area (Å²) in [5.74, 6) is -0.142. The Kier molecular flexibility index (Phi) is 3.34. The summed E-state index contributed by atoms with van der Waals surface area (Å²) in [6.07, 6.45) is 0. The minimum Gasteiger partial charge on any atom is -0.293 e. The largest absolute Gasteiger partial charge is 0.293 e. The number of benzene rings is 1. The third-order valence-electron chi connectivity index (χ3n) is 2.09. The van der Waals surface area contributed by atoms with Gasteiger partial charge in [-0.2, -0.15) is 0 Å². The van der Waals surface area contributed by atoms with Gasteiger partial charge in [0.15, 0.2) is 5.78 Å². The van der Waals surface area contributed by atoms with Crippen LogP contribution in [0.4, 0.5) is 0 Å². The molecule has 0 saturated heterocycles. The van der Waals surface area contributed by atoms with Gasteiger partial charge in [-0.3, -0.25) is 4.79 Å². The lowest BCUT2D eigenvalue weighted by Gasteiger charge is -2.07. The Balaban J connectivity index is 3.33. The smallest absolute Gasteiger partial charge is 0.179 e. The second kappa shape index (κ2) is 4.12. The highest BCUT2D eigenvalue weighted by atomic mass is 35.5. The summed E-state index contributed by atoms with van der Waals surface area (Å²) in [4.78, 5) is 11.4. The van der Waals surface area contributed by atoms with E-state index in [0.29, 0.717) is 10.6 Å². The Labute approximate surface area is 87.7 Å². The maximum Gasteiger partial charge on any atom is 0.179 e. The molecule has 70 valence electrons. The van der Waals surface area contributed by atoms with Gasteiger partial charge in [-0.15, -0.1) is 11.6 Å². The van der Waals surface area contributed by atoms with Gasteiger partial charge in [0.1, 0.15) is 0 Å². The molecule has 0 aliphatic carbocycles. The lowest BCUT2D eigenvalue weighted by atomic mass is 10.0. The molecule has 0 atom stereocenters. The summed E-state index contributed by atoms with van der Waals surface area (Å²) in [6.45, 7) is 3.82. The number of halogens is 2. The molecular formula is C10H10Cl2O. The SMILES string of the molecule is Cc1ccc(Cl)c(C(=O)CCl)c1C. The third-order valence-corrected chi connectivity index (χ3v) is 2.64. The van der Waals surface area contributed by atoms with Crippen LogP contribution in [0.3, 0.4) is 0 Å². The minimum atomic E-state index is -0.118. The van der Waals surface area contributed by atoms with Crippen LogP contribution in [0, 0.1) is 13.8 Å². The van der Waals surface area contributed by atoms with Gasteiger partial charge < -0.3 is 0 Å². The average molecular weight is 217 g/mol. The van der Waals surface area contributed by atoms with Crippen molar-refractivity contribution in [2.45, 2.75) is 13.8 Å². The standard InChI is InChI=1S/C10H10Cl2O/c1-6-3-4-8(12)10(7(6)2)9(13)5-11/h3-4H,5H2,1-2H3. The van der Waals surface area contributed by atoms with Gasteiger partial charge in [0.05, 0.1) is 10.9 Å². The molecule has 0 radical (unpaired) electrons. The van der Waals surface area contributed by atoms with E-state index >= 15 is 0 Å². The van der Waals surface area contributed by atoms with Gasteiger partial charge in [0, 0.05) is 5.56 Å². The number of Topliss-reactive ketones (excluding diaryl/α,β-unsaturated/α-hetero) is 1. The first kappa shape index (κ1) is 10.6. The second-order valence-electron chi connectivity index (χ2n) is 2.92. The minimum absolute atomic E-state index is 0.0238. The van der Waals surface area contributed by atoms with Crippen molar-refractivity contribution in [1.82, 2.24) is 0 Å². The molecule has 0 spiro atoms. The number of carbonyl (C=O) groups excluding carboxylic acids is 1. The van der Waals surface area contributed by atoms with Crippen LogP contribution in [-0.4, -0.2) is 11.7 Å². The summed E-state index contributed by atoms with van der Waals surface area (Å²) in [5, 5.41) is 0.480. The molecule has 0 amide bonds.